The molecule has 0 amide bonds. The molecule has 8 heteroatoms. The number of hydrogen-bond acceptors (Lipinski definition) is 6. The van der Waals surface area contributed by atoms with Crippen molar-refractivity contribution in [1.82, 2.24) is 14.7 Å². The Hall–Kier alpha value is -2.19. The standard InChI is InChI=1S/C19H27N5O2S/c1-15-7-6-8-17(13-15)27(25,26)21-10-9-20-18-14-19(23-16(2)22-18)24-11-4-3-5-12-24/h6-8,13-14,21H,3-5,9-12H2,1-2H3,(H,20,22,23). The minimum absolute atomic E-state index is 0.276. The van der Waals surface area contributed by atoms with Gasteiger partial charge < -0.3 is 10.2 Å². The second-order valence-electron chi connectivity index (χ2n) is 6.85. The van der Waals surface area contributed by atoms with Crippen molar-refractivity contribution >= 4 is 21.7 Å². The molecule has 3 rings (SSSR count). The lowest BCUT2D eigenvalue weighted by Gasteiger charge is -2.28. The zero-order valence-electron chi connectivity index (χ0n) is 15.9. The molecule has 1 fully saturated rings. The number of aryl methyl sites for hydroxylation is 2. The highest BCUT2D eigenvalue weighted by Crippen LogP contribution is 2.20. The van der Waals surface area contributed by atoms with Gasteiger partial charge in [-0.3, -0.25) is 0 Å². The monoisotopic (exact) mass is 389 g/mol. The van der Waals surface area contributed by atoms with Crippen molar-refractivity contribution in [3.05, 3.63) is 41.7 Å². The number of piperidine rings is 1. The van der Waals surface area contributed by atoms with Gasteiger partial charge in [0.2, 0.25) is 10.0 Å². The molecular weight excluding hydrogens is 362 g/mol. The molecule has 27 heavy (non-hydrogen) atoms. The van der Waals surface area contributed by atoms with Crippen LogP contribution in [-0.4, -0.2) is 44.6 Å². The van der Waals surface area contributed by atoms with Crippen LogP contribution in [0.15, 0.2) is 35.2 Å². The molecule has 7 nitrogen and oxygen atoms in total. The lowest BCUT2D eigenvalue weighted by molar-refractivity contribution is 0.572. The SMILES string of the molecule is Cc1cccc(S(=O)(=O)NCCNc2cc(N3CCCCC3)nc(C)n2)c1. The average Bonchev–Trinajstić information content (AvgIpc) is 2.66. The quantitative estimate of drug-likeness (QED) is 0.708. The number of nitrogens with one attached hydrogen (secondary N) is 2. The highest BCUT2D eigenvalue weighted by atomic mass is 32.2. The van der Waals surface area contributed by atoms with Gasteiger partial charge in [-0.1, -0.05) is 12.1 Å². The van der Waals surface area contributed by atoms with Crippen molar-refractivity contribution in [2.45, 2.75) is 38.0 Å². The lowest BCUT2D eigenvalue weighted by atomic mass is 10.1. The summed E-state index contributed by atoms with van der Waals surface area (Å²) in [7, 11) is -3.50. The molecule has 1 saturated heterocycles. The number of hydrogen-bond donors (Lipinski definition) is 2. The van der Waals surface area contributed by atoms with Crippen LogP contribution in [0.5, 0.6) is 0 Å². The number of rotatable bonds is 7. The maximum absolute atomic E-state index is 12.3. The topological polar surface area (TPSA) is 87.2 Å². The van der Waals surface area contributed by atoms with Crippen molar-refractivity contribution in [3.63, 3.8) is 0 Å². The first kappa shape index (κ1) is 19.6. The minimum Gasteiger partial charge on any atom is -0.369 e. The van der Waals surface area contributed by atoms with Crippen LogP contribution in [0.25, 0.3) is 0 Å². The molecule has 0 spiro atoms. The molecule has 0 aliphatic carbocycles. The summed E-state index contributed by atoms with van der Waals surface area (Å²) >= 11 is 0. The maximum atomic E-state index is 12.3. The summed E-state index contributed by atoms with van der Waals surface area (Å²) in [4.78, 5) is 11.5. The fourth-order valence-corrected chi connectivity index (χ4v) is 4.31. The molecular formula is C19H27N5O2S. The predicted octanol–water partition coefficient (Wildman–Crippen LogP) is 2.47. The molecule has 2 aromatic rings. The van der Waals surface area contributed by atoms with Crippen molar-refractivity contribution in [2.75, 3.05) is 36.4 Å². The van der Waals surface area contributed by atoms with Gasteiger partial charge in [0.1, 0.15) is 17.5 Å². The molecule has 2 N–H and O–H groups in total. The zero-order valence-corrected chi connectivity index (χ0v) is 16.7. The number of aromatic nitrogens is 2. The molecule has 146 valence electrons. The van der Waals surface area contributed by atoms with Gasteiger partial charge >= 0.3 is 0 Å². The summed E-state index contributed by atoms with van der Waals surface area (Å²) < 4.78 is 27.3. The minimum atomic E-state index is -3.50. The van der Waals surface area contributed by atoms with E-state index in [2.05, 4.69) is 24.9 Å². The summed E-state index contributed by atoms with van der Waals surface area (Å²) in [5.74, 6) is 2.36. The summed E-state index contributed by atoms with van der Waals surface area (Å²) in [6.45, 7) is 6.51. The van der Waals surface area contributed by atoms with Crippen molar-refractivity contribution in [1.29, 1.82) is 0 Å². The largest absolute Gasteiger partial charge is 0.369 e. The first-order valence-electron chi connectivity index (χ1n) is 9.35. The van der Waals surface area contributed by atoms with Gasteiger partial charge in [0.15, 0.2) is 0 Å². The van der Waals surface area contributed by atoms with Gasteiger partial charge in [-0.2, -0.15) is 0 Å². The Bertz CT molecular complexity index is 879. The molecule has 0 bridgehead atoms. The van der Waals surface area contributed by atoms with E-state index in [1.54, 1.807) is 18.2 Å². The zero-order chi connectivity index (χ0) is 19.3. The summed E-state index contributed by atoms with van der Waals surface area (Å²) in [5, 5.41) is 3.20. The van der Waals surface area contributed by atoms with Crippen LogP contribution in [0, 0.1) is 13.8 Å². The lowest BCUT2D eigenvalue weighted by Crippen LogP contribution is -2.31. The van der Waals surface area contributed by atoms with Crippen molar-refractivity contribution in [3.8, 4) is 0 Å². The van der Waals surface area contributed by atoms with Crippen molar-refractivity contribution < 1.29 is 8.42 Å². The Labute approximate surface area is 161 Å². The van der Waals surface area contributed by atoms with Gasteiger partial charge in [-0.05, 0) is 50.8 Å². The van der Waals surface area contributed by atoms with E-state index in [1.807, 2.05) is 26.0 Å². The number of anilines is 2. The summed E-state index contributed by atoms with van der Waals surface area (Å²) in [5.41, 5.74) is 0.915. The normalized spacial score (nSPS) is 15.0. The Morgan fingerprint density at radius 3 is 2.56 bits per heavy atom. The third-order valence-corrected chi connectivity index (χ3v) is 5.99. The van der Waals surface area contributed by atoms with E-state index in [0.717, 1.165) is 30.3 Å². The molecule has 1 aliphatic rings. The molecule has 1 aliphatic heterocycles. The Balaban J connectivity index is 1.56. The number of benzene rings is 1. The van der Waals surface area contributed by atoms with E-state index >= 15 is 0 Å². The molecule has 0 unspecified atom stereocenters. The first-order chi connectivity index (χ1) is 12.9. The van der Waals surface area contributed by atoms with Crippen LogP contribution in [0.2, 0.25) is 0 Å². The van der Waals surface area contributed by atoms with Gasteiger partial charge in [0.25, 0.3) is 0 Å². The van der Waals surface area contributed by atoms with Crippen molar-refractivity contribution in [2.24, 2.45) is 0 Å². The highest BCUT2D eigenvalue weighted by Gasteiger charge is 2.15. The van der Waals surface area contributed by atoms with E-state index in [4.69, 9.17) is 0 Å². The van der Waals surface area contributed by atoms with Gasteiger partial charge in [0.05, 0.1) is 4.90 Å². The van der Waals surface area contributed by atoms with Gasteiger partial charge in [-0.15, -0.1) is 0 Å². The van der Waals surface area contributed by atoms with Crippen LogP contribution in [0.4, 0.5) is 11.6 Å². The average molecular weight is 390 g/mol. The van der Waals surface area contributed by atoms with Crippen LogP contribution < -0.4 is 14.9 Å². The van der Waals surface area contributed by atoms with E-state index in [0.29, 0.717) is 12.4 Å². The summed E-state index contributed by atoms with van der Waals surface area (Å²) in [6, 6.07) is 8.81. The van der Waals surface area contributed by atoms with Crippen LogP contribution in [0.3, 0.4) is 0 Å². The summed E-state index contributed by atoms with van der Waals surface area (Å²) in [6.07, 6.45) is 3.64. The van der Waals surface area contributed by atoms with Gasteiger partial charge in [-0.25, -0.2) is 23.1 Å². The van der Waals surface area contributed by atoms with Crippen LogP contribution in [-0.2, 0) is 10.0 Å². The van der Waals surface area contributed by atoms with Crippen LogP contribution >= 0.6 is 0 Å². The predicted molar refractivity (Wildman–Crippen MR) is 108 cm³/mol. The molecule has 2 heterocycles. The molecule has 1 aromatic heterocycles. The number of nitrogens with zero attached hydrogens (tertiary/aromatic N) is 3. The Kier molecular flexibility index (Phi) is 6.28. The molecule has 0 atom stereocenters. The fourth-order valence-electron chi connectivity index (χ4n) is 3.17. The van der Waals surface area contributed by atoms with E-state index in [9.17, 15) is 8.42 Å². The van der Waals surface area contributed by atoms with E-state index < -0.39 is 10.0 Å². The number of sulfonamides is 1. The first-order valence-corrected chi connectivity index (χ1v) is 10.8. The molecule has 1 aromatic carbocycles. The van der Waals surface area contributed by atoms with Gasteiger partial charge in [0, 0.05) is 32.2 Å². The Morgan fingerprint density at radius 2 is 1.81 bits per heavy atom. The third-order valence-electron chi connectivity index (χ3n) is 4.53. The smallest absolute Gasteiger partial charge is 0.240 e. The molecule has 0 radical (unpaired) electrons. The second-order valence-corrected chi connectivity index (χ2v) is 8.61. The van der Waals surface area contributed by atoms with E-state index in [1.165, 1.54) is 19.3 Å². The third kappa shape index (κ3) is 5.40. The second kappa shape index (κ2) is 8.67. The maximum Gasteiger partial charge on any atom is 0.240 e. The van der Waals surface area contributed by atoms with E-state index in [-0.39, 0.29) is 11.4 Å². The molecule has 0 saturated carbocycles. The fraction of sp³-hybridized carbons (Fsp3) is 0.474. The van der Waals surface area contributed by atoms with Crippen LogP contribution in [0.1, 0.15) is 30.7 Å². The highest BCUT2D eigenvalue weighted by molar-refractivity contribution is 7.89. The Morgan fingerprint density at radius 1 is 1.04 bits per heavy atom.